The maximum atomic E-state index is 9.47. The SMILES string of the molecule is O=C(O)N(S)S.[S]. The summed E-state index contributed by atoms with van der Waals surface area (Å²) >= 11 is 6.58. The molecule has 0 bridgehead atoms. The minimum atomic E-state index is -1.18. The Morgan fingerprint density at radius 2 is 1.71 bits per heavy atom. The van der Waals surface area contributed by atoms with Gasteiger partial charge in [0.2, 0.25) is 0 Å². The number of hydrogen-bond acceptors (Lipinski definition) is 3. The third kappa shape index (κ3) is 6.32. The van der Waals surface area contributed by atoms with Crippen LogP contribution in [-0.4, -0.2) is 14.9 Å². The molecule has 0 rings (SSSR count). The van der Waals surface area contributed by atoms with Gasteiger partial charge in [0.25, 0.3) is 0 Å². The Bertz CT molecular complexity index is 64.0. The number of rotatable bonds is 0. The van der Waals surface area contributed by atoms with E-state index in [1.165, 1.54) is 0 Å². The molecule has 0 aliphatic heterocycles. The monoisotopic (exact) mass is 157 g/mol. The van der Waals surface area contributed by atoms with Crippen molar-refractivity contribution in [1.82, 2.24) is 3.71 Å². The standard InChI is InChI=1S/CH3NO2S2.S/c3-1(4)2(5)6;/h5-6H,(H,3,4);. The predicted octanol–water partition coefficient (Wildman–Crippen LogP) is 1.30. The third-order valence-corrected chi connectivity index (χ3v) is 0.513. The van der Waals surface area contributed by atoms with Gasteiger partial charge in [-0.1, -0.05) is 0 Å². The second-order valence-electron chi connectivity index (χ2n) is 0.572. The summed E-state index contributed by atoms with van der Waals surface area (Å²) < 4.78 is 0.472. The number of carbonyl (C=O) groups is 1. The summed E-state index contributed by atoms with van der Waals surface area (Å²) in [6, 6.07) is 0. The lowest BCUT2D eigenvalue weighted by Gasteiger charge is -1.95. The van der Waals surface area contributed by atoms with Crippen LogP contribution in [-0.2, 0) is 0 Å². The van der Waals surface area contributed by atoms with E-state index in [-0.39, 0.29) is 13.5 Å². The highest BCUT2D eigenvalue weighted by molar-refractivity contribution is 7.94. The molecule has 0 aliphatic rings. The lowest BCUT2D eigenvalue weighted by atomic mass is 11.3. The first-order valence-corrected chi connectivity index (χ1v) is 1.85. The molecule has 0 heterocycles. The maximum absolute atomic E-state index is 9.47. The average Bonchev–Trinajstić information content (AvgIpc) is 1.36. The first kappa shape index (κ1) is 10.3. The van der Waals surface area contributed by atoms with Gasteiger partial charge in [0, 0.05) is 13.5 Å². The van der Waals surface area contributed by atoms with E-state index in [1.54, 1.807) is 0 Å². The van der Waals surface area contributed by atoms with E-state index >= 15 is 0 Å². The largest absolute Gasteiger partial charge is 0.464 e. The highest BCUT2D eigenvalue weighted by Crippen LogP contribution is 1.94. The Kier molecular flexibility index (Phi) is 6.61. The van der Waals surface area contributed by atoms with Crippen molar-refractivity contribution < 1.29 is 9.90 Å². The van der Waals surface area contributed by atoms with Crippen LogP contribution in [0.25, 0.3) is 0 Å². The number of carboxylic acid groups (broad SMARTS) is 1. The van der Waals surface area contributed by atoms with Crippen molar-refractivity contribution in [1.29, 1.82) is 0 Å². The first-order valence-electron chi connectivity index (χ1n) is 1.05. The molecule has 0 spiro atoms. The van der Waals surface area contributed by atoms with Gasteiger partial charge in [0.1, 0.15) is 0 Å². The van der Waals surface area contributed by atoms with Crippen molar-refractivity contribution in [2.75, 3.05) is 0 Å². The summed E-state index contributed by atoms with van der Waals surface area (Å²) in [5.41, 5.74) is 0. The van der Waals surface area contributed by atoms with Crippen molar-refractivity contribution in [3.05, 3.63) is 0 Å². The van der Waals surface area contributed by atoms with Crippen LogP contribution in [0.15, 0.2) is 0 Å². The van der Waals surface area contributed by atoms with Crippen LogP contribution in [0, 0.1) is 0 Å². The maximum Gasteiger partial charge on any atom is 0.427 e. The van der Waals surface area contributed by atoms with E-state index in [0.29, 0.717) is 3.71 Å². The van der Waals surface area contributed by atoms with Crippen molar-refractivity contribution >= 4 is 45.2 Å². The normalized spacial score (nSPS) is 6.57. The van der Waals surface area contributed by atoms with Gasteiger partial charge in [0.15, 0.2) is 0 Å². The molecular weight excluding hydrogens is 154 g/mol. The molecule has 6 heteroatoms. The van der Waals surface area contributed by atoms with E-state index < -0.39 is 6.09 Å². The summed E-state index contributed by atoms with van der Waals surface area (Å²) in [6.07, 6.45) is -1.18. The van der Waals surface area contributed by atoms with E-state index in [2.05, 4.69) is 25.6 Å². The van der Waals surface area contributed by atoms with Gasteiger partial charge in [-0.05, 0) is 25.6 Å². The van der Waals surface area contributed by atoms with Gasteiger partial charge in [-0.15, -0.1) is 0 Å². The molecule has 0 saturated carbocycles. The van der Waals surface area contributed by atoms with E-state index in [4.69, 9.17) is 5.11 Å². The molecule has 0 aromatic carbocycles. The lowest BCUT2D eigenvalue weighted by Crippen LogP contribution is -2.05. The van der Waals surface area contributed by atoms with Crippen LogP contribution in [0.5, 0.6) is 0 Å². The van der Waals surface area contributed by atoms with Gasteiger partial charge < -0.3 is 5.11 Å². The summed E-state index contributed by atoms with van der Waals surface area (Å²) in [6.45, 7) is 0. The molecule has 42 valence electrons. The van der Waals surface area contributed by atoms with Gasteiger partial charge >= 0.3 is 6.09 Å². The number of hydrogen-bond donors (Lipinski definition) is 3. The summed E-state index contributed by atoms with van der Waals surface area (Å²) in [5.74, 6) is 0. The van der Waals surface area contributed by atoms with Crippen molar-refractivity contribution in [2.45, 2.75) is 0 Å². The molecule has 2 radical (unpaired) electrons. The Labute approximate surface area is 59.2 Å². The summed E-state index contributed by atoms with van der Waals surface area (Å²) in [7, 11) is 0. The lowest BCUT2D eigenvalue weighted by molar-refractivity contribution is 0.191. The first-order chi connectivity index (χ1) is 2.64. The molecule has 3 nitrogen and oxygen atoms in total. The van der Waals surface area contributed by atoms with Gasteiger partial charge in [-0.2, -0.15) is 3.71 Å². The molecule has 0 fully saturated rings. The van der Waals surface area contributed by atoms with Gasteiger partial charge in [0.05, 0.1) is 0 Å². The molecule has 1 N–H and O–H groups in total. The van der Waals surface area contributed by atoms with E-state index in [9.17, 15) is 4.79 Å². The Balaban J connectivity index is 0. The fraction of sp³-hybridized carbons (Fsp3) is 0. The van der Waals surface area contributed by atoms with Crippen LogP contribution in [0.2, 0.25) is 0 Å². The number of thiol groups is 2. The van der Waals surface area contributed by atoms with E-state index in [1.807, 2.05) is 0 Å². The smallest absolute Gasteiger partial charge is 0.427 e. The average molecular weight is 157 g/mol. The fourth-order valence-corrected chi connectivity index (χ4v) is 0. The second-order valence-corrected chi connectivity index (χ2v) is 1.69. The number of amides is 1. The molecule has 1 amide bonds. The molecule has 0 aromatic heterocycles. The minimum absolute atomic E-state index is 0. The zero-order valence-electron chi connectivity index (χ0n) is 3.11. The topological polar surface area (TPSA) is 40.5 Å². The zero-order valence-corrected chi connectivity index (χ0v) is 5.71. The molecule has 0 atom stereocenters. The summed E-state index contributed by atoms with van der Waals surface area (Å²) in [4.78, 5) is 9.47. The third-order valence-electron chi connectivity index (χ3n) is 0.171. The van der Waals surface area contributed by atoms with Crippen LogP contribution >= 0.6 is 39.1 Å². The molecular formula is CH3NO2S3. The highest BCUT2D eigenvalue weighted by atomic mass is 32.2. The Morgan fingerprint density at radius 3 is 1.71 bits per heavy atom. The van der Waals surface area contributed by atoms with E-state index in [0.717, 1.165) is 0 Å². The molecule has 7 heavy (non-hydrogen) atoms. The molecule has 0 aliphatic carbocycles. The van der Waals surface area contributed by atoms with Crippen LogP contribution in [0.4, 0.5) is 4.79 Å². The second kappa shape index (κ2) is 4.48. The van der Waals surface area contributed by atoms with Gasteiger partial charge in [-0.3, -0.25) is 0 Å². The Morgan fingerprint density at radius 1 is 1.57 bits per heavy atom. The van der Waals surface area contributed by atoms with Crippen molar-refractivity contribution in [3.8, 4) is 0 Å². The van der Waals surface area contributed by atoms with Crippen LogP contribution < -0.4 is 0 Å². The molecule has 0 unspecified atom stereocenters. The predicted molar refractivity (Wildman–Crippen MR) is 35.4 cm³/mol. The highest BCUT2D eigenvalue weighted by Gasteiger charge is 1.95. The zero-order chi connectivity index (χ0) is 5.15. The number of nitrogens with zero attached hydrogens (tertiary/aromatic N) is 1. The quantitative estimate of drug-likeness (QED) is 0.464. The van der Waals surface area contributed by atoms with Crippen molar-refractivity contribution in [3.63, 3.8) is 0 Å². The van der Waals surface area contributed by atoms with Crippen molar-refractivity contribution in [2.24, 2.45) is 0 Å². The molecule has 0 aromatic rings. The summed E-state index contributed by atoms with van der Waals surface area (Å²) in [5, 5.41) is 7.76. The van der Waals surface area contributed by atoms with Gasteiger partial charge in [-0.25, -0.2) is 4.79 Å². The Hall–Kier alpha value is 0.320. The van der Waals surface area contributed by atoms with Crippen LogP contribution in [0.1, 0.15) is 0 Å². The van der Waals surface area contributed by atoms with Crippen LogP contribution in [0.3, 0.4) is 0 Å². The molecule has 0 saturated heterocycles. The fourth-order valence-electron chi connectivity index (χ4n) is 0. The minimum Gasteiger partial charge on any atom is -0.464 e.